The minimum absolute atomic E-state index is 0.132. The Labute approximate surface area is 146 Å². The number of carbonyl (C=O) groups is 1. The molecular weight excluding hydrogens is 318 g/mol. The van der Waals surface area contributed by atoms with Gasteiger partial charge in [-0.15, -0.1) is 0 Å². The molecule has 6 rings (SSSR count). The van der Waals surface area contributed by atoms with Crippen LogP contribution in [0.1, 0.15) is 42.9 Å². The number of hydrogen-bond acceptors (Lipinski definition) is 4. The van der Waals surface area contributed by atoms with Gasteiger partial charge in [0.1, 0.15) is 0 Å². The first-order chi connectivity index (χ1) is 11.8. The fourth-order valence-electron chi connectivity index (χ4n) is 4.34. The number of rotatable bonds is 4. The molecule has 4 heterocycles. The lowest BCUT2D eigenvalue weighted by molar-refractivity contribution is -0.122. The number of amides is 1. The van der Waals surface area contributed by atoms with Gasteiger partial charge in [0.25, 0.3) is 0 Å². The number of fused-ring (bicyclic) bond motifs is 4. The van der Waals surface area contributed by atoms with Gasteiger partial charge in [-0.1, -0.05) is 12.1 Å². The fourth-order valence-corrected chi connectivity index (χ4v) is 5.19. The molecule has 1 atom stereocenters. The molecule has 1 amide bonds. The molecule has 1 N–H and O–H groups in total. The highest BCUT2D eigenvalue weighted by Gasteiger charge is 2.34. The van der Waals surface area contributed by atoms with Gasteiger partial charge in [0.15, 0.2) is 0 Å². The Hall–Kier alpha value is -1.46. The summed E-state index contributed by atoms with van der Waals surface area (Å²) in [4.78, 5) is 15.0. The SMILES string of the molecule is O=C(Cc1nsc2cc(C3CC3)ccc12)NC1CN2CCC1CC2. The maximum absolute atomic E-state index is 12.5. The molecule has 4 fully saturated rings. The number of nitrogens with one attached hydrogen (secondary N) is 1. The third-order valence-electron chi connectivity index (χ3n) is 5.95. The normalized spacial score (nSPS) is 29.1. The minimum Gasteiger partial charge on any atom is -0.351 e. The van der Waals surface area contributed by atoms with Crippen LogP contribution >= 0.6 is 11.5 Å². The van der Waals surface area contributed by atoms with Crippen LogP contribution in [0.2, 0.25) is 0 Å². The first-order valence-corrected chi connectivity index (χ1v) is 9.93. The third-order valence-corrected chi connectivity index (χ3v) is 6.80. The third kappa shape index (κ3) is 2.74. The Balaban J connectivity index is 1.28. The average molecular weight is 341 g/mol. The zero-order valence-electron chi connectivity index (χ0n) is 13.8. The molecule has 126 valence electrons. The van der Waals surface area contributed by atoms with Crippen LogP contribution in [0.3, 0.4) is 0 Å². The first-order valence-electron chi connectivity index (χ1n) is 9.16. The van der Waals surface area contributed by atoms with Crippen molar-refractivity contribution in [3.63, 3.8) is 0 Å². The molecule has 2 bridgehead atoms. The number of aromatic nitrogens is 1. The molecule has 4 aliphatic rings. The summed E-state index contributed by atoms with van der Waals surface area (Å²) < 4.78 is 5.79. The molecular formula is C19H23N3OS. The van der Waals surface area contributed by atoms with Gasteiger partial charge >= 0.3 is 0 Å². The van der Waals surface area contributed by atoms with Crippen molar-refractivity contribution in [2.75, 3.05) is 19.6 Å². The lowest BCUT2D eigenvalue weighted by atomic mass is 9.84. The van der Waals surface area contributed by atoms with E-state index < -0.39 is 0 Å². The van der Waals surface area contributed by atoms with Gasteiger partial charge in [0, 0.05) is 18.0 Å². The van der Waals surface area contributed by atoms with E-state index in [4.69, 9.17) is 0 Å². The summed E-state index contributed by atoms with van der Waals surface area (Å²) >= 11 is 1.54. The van der Waals surface area contributed by atoms with Gasteiger partial charge in [-0.2, -0.15) is 4.37 Å². The Bertz CT molecular complexity index is 774. The van der Waals surface area contributed by atoms with E-state index in [1.165, 1.54) is 60.6 Å². The Morgan fingerprint density at radius 1 is 1.25 bits per heavy atom. The van der Waals surface area contributed by atoms with E-state index in [1.807, 2.05) is 0 Å². The molecule has 4 nitrogen and oxygen atoms in total. The van der Waals surface area contributed by atoms with Crippen molar-refractivity contribution in [2.24, 2.45) is 5.92 Å². The van der Waals surface area contributed by atoms with Crippen molar-refractivity contribution >= 4 is 27.5 Å². The highest BCUT2D eigenvalue weighted by atomic mass is 32.1. The van der Waals surface area contributed by atoms with E-state index in [-0.39, 0.29) is 5.91 Å². The Morgan fingerprint density at radius 3 is 2.79 bits per heavy atom. The maximum Gasteiger partial charge on any atom is 0.226 e. The number of benzene rings is 1. The first kappa shape index (κ1) is 14.8. The molecule has 3 saturated heterocycles. The van der Waals surface area contributed by atoms with Crippen LogP contribution in [0.5, 0.6) is 0 Å². The van der Waals surface area contributed by atoms with Crippen LogP contribution in [0, 0.1) is 5.92 Å². The number of carbonyl (C=O) groups excluding carboxylic acids is 1. The monoisotopic (exact) mass is 341 g/mol. The predicted octanol–water partition coefficient (Wildman–Crippen LogP) is 2.93. The minimum atomic E-state index is 0.132. The zero-order valence-corrected chi connectivity index (χ0v) is 14.6. The number of piperidine rings is 3. The van der Waals surface area contributed by atoms with Crippen molar-refractivity contribution in [2.45, 2.75) is 44.1 Å². The predicted molar refractivity (Wildman–Crippen MR) is 96.4 cm³/mol. The summed E-state index contributed by atoms with van der Waals surface area (Å²) in [6, 6.07) is 7.01. The molecule has 3 aliphatic heterocycles. The lowest BCUT2D eigenvalue weighted by Gasteiger charge is -2.44. The second-order valence-corrected chi connectivity index (χ2v) is 8.45. The number of hydrogen-bond donors (Lipinski definition) is 1. The van der Waals surface area contributed by atoms with Gasteiger partial charge in [0.05, 0.1) is 16.8 Å². The van der Waals surface area contributed by atoms with Gasteiger partial charge in [-0.3, -0.25) is 4.79 Å². The van der Waals surface area contributed by atoms with Crippen LogP contribution in [-0.2, 0) is 11.2 Å². The van der Waals surface area contributed by atoms with Gasteiger partial charge in [-0.25, -0.2) is 0 Å². The van der Waals surface area contributed by atoms with Crippen molar-refractivity contribution in [1.29, 1.82) is 0 Å². The van der Waals surface area contributed by atoms with E-state index in [1.54, 1.807) is 0 Å². The van der Waals surface area contributed by atoms with E-state index in [2.05, 4.69) is 32.8 Å². The smallest absolute Gasteiger partial charge is 0.226 e. The second-order valence-electron chi connectivity index (χ2n) is 7.65. The Morgan fingerprint density at radius 2 is 2.08 bits per heavy atom. The summed E-state index contributed by atoms with van der Waals surface area (Å²) in [7, 11) is 0. The van der Waals surface area contributed by atoms with Crippen LogP contribution < -0.4 is 5.32 Å². The molecule has 1 aromatic carbocycles. The van der Waals surface area contributed by atoms with Crippen molar-refractivity contribution in [3.8, 4) is 0 Å². The van der Waals surface area contributed by atoms with Crippen LogP contribution in [0.15, 0.2) is 18.2 Å². The highest BCUT2D eigenvalue weighted by Crippen LogP contribution is 2.41. The van der Waals surface area contributed by atoms with Crippen molar-refractivity contribution in [3.05, 3.63) is 29.5 Å². The molecule has 1 saturated carbocycles. The van der Waals surface area contributed by atoms with Crippen molar-refractivity contribution < 1.29 is 4.79 Å². The maximum atomic E-state index is 12.5. The van der Waals surface area contributed by atoms with E-state index in [0.717, 1.165) is 23.5 Å². The summed E-state index contributed by atoms with van der Waals surface area (Å²) in [5.74, 6) is 1.57. The summed E-state index contributed by atoms with van der Waals surface area (Å²) in [6.07, 6.45) is 5.51. The van der Waals surface area contributed by atoms with Gasteiger partial charge < -0.3 is 10.2 Å². The molecule has 0 radical (unpaired) electrons. The van der Waals surface area contributed by atoms with Gasteiger partial charge in [-0.05, 0) is 73.8 Å². The second kappa shape index (κ2) is 5.81. The van der Waals surface area contributed by atoms with Gasteiger partial charge in [0.2, 0.25) is 5.91 Å². The lowest BCUT2D eigenvalue weighted by Crippen LogP contribution is -2.57. The largest absolute Gasteiger partial charge is 0.351 e. The van der Waals surface area contributed by atoms with Crippen LogP contribution in [0.4, 0.5) is 0 Å². The molecule has 24 heavy (non-hydrogen) atoms. The molecule has 1 aromatic heterocycles. The van der Waals surface area contributed by atoms with Crippen molar-refractivity contribution in [1.82, 2.24) is 14.6 Å². The number of nitrogens with zero attached hydrogens (tertiary/aromatic N) is 2. The molecule has 2 aromatic rings. The molecule has 1 unspecified atom stereocenters. The zero-order chi connectivity index (χ0) is 16.1. The Kier molecular flexibility index (Phi) is 3.60. The summed E-state index contributed by atoms with van der Waals surface area (Å²) in [5, 5.41) is 4.44. The molecule has 1 aliphatic carbocycles. The molecule has 5 heteroatoms. The van der Waals surface area contributed by atoms with Crippen LogP contribution in [-0.4, -0.2) is 40.9 Å². The average Bonchev–Trinajstić information content (AvgIpc) is 3.39. The molecule has 0 spiro atoms. The van der Waals surface area contributed by atoms with Crippen LogP contribution in [0.25, 0.3) is 10.1 Å². The topological polar surface area (TPSA) is 45.2 Å². The van der Waals surface area contributed by atoms with E-state index >= 15 is 0 Å². The standard InChI is InChI=1S/C19H23N3OS/c23-19(20-17-11-22-7-5-13(17)6-8-22)10-16-15-4-3-14(12-1-2-12)9-18(15)24-21-16/h3-4,9,12-13,17H,1-2,5-8,10-11H2,(H,20,23). The quantitative estimate of drug-likeness (QED) is 0.930. The summed E-state index contributed by atoms with van der Waals surface area (Å²) in [5.41, 5.74) is 2.38. The fraction of sp³-hybridized carbons (Fsp3) is 0.579. The van der Waals surface area contributed by atoms with E-state index in [0.29, 0.717) is 18.4 Å². The van der Waals surface area contributed by atoms with E-state index in [9.17, 15) is 4.79 Å². The highest BCUT2D eigenvalue weighted by molar-refractivity contribution is 7.13. The summed E-state index contributed by atoms with van der Waals surface area (Å²) in [6.45, 7) is 3.44.